The van der Waals surface area contributed by atoms with Gasteiger partial charge in [0, 0.05) is 22.5 Å². The van der Waals surface area contributed by atoms with E-state index < -0.39 is 0 Å². The van der Waals surface area contributed by atoms with Gasteiger partial charge in [-0.1, -0.05) is 31.9 Å². The summed E-state index contributed by atoms with van der Waals surface area (Å²) in [6.45, 7) is 4.25. The number of hydrogen-bond donors (Lipinski definition) is 2. The third-order valence-corrected chi connectivity index (χ3v) is 8.74. The molecule has 1 aromatic carbocycles. The van der Waals surface area contributed by atoms with Crippen molar-refractivity contribution in [2.24, 2.45) is 11.8 Å². The second-order valence-corrected chi connectivity index (χ2v) is 11.1. The van der Waals surface area contributed by atoms with Crippen molar-refractivity contribution in [3.05, 3.63) is 62.9 Å². The second-order valence-electron chi connectivity index (χ2n) is 9.30. The van der Waals surface area contributed by atoms with Crippen LogP contribution >= 0.6 is 22.7 Å². The number of aldehydes is 1. The van der Waals surface area contributed by atoms with Crippen LogP contribution in [0, 0.1) is 11.8 Å². The van der Waals surface area contributed by atoms with E-state index in [1.807, 2.05) is 24.3 Å². The van der Waals surface area contributed by atoms with Gasteiger partial charge in [0.1, 0.15) is 5.69 Å². The van der Waals surface area contributed by atoms with E-state index in [1.165, 1.54) is 48.2 Å². The lowest BCUT2D eigenvalue weighted by molar-refractivity contribution is 0.102. The standard InChI is InChI=1S/C27H29N3O2S2/c1-17-2-4-18(5-3-17)23-13-28-11-10-21(23)22-12-25(34-26(22)14-31)19-6-8-20(9-7-19)30-27(32)24-15-33-16-29-24/h6-9,12,14-18,28H,2-5,10-11,13H2,1H3,(H,30,32). The molecule has 2 aliphatic rings. The molecule has 0 bridgehead atoms. The smallest absolute Gasteiger partial charge is 0.275 e. The van der Waals surface area contributed by atoms with Gasteiger partial charge in [-0.3, -0.25) is 9.59 Å². The first-order valence-electron chi connectivity index (χ1n) is 11.9. The molecule has 34 heavy (non-hydrogen) atoms. The average Bonchev–Trinajstić information content (AvgIpc) is 3.56. The molecule has 1 aliphatic carbocycles. The van der Waals surface area contributed by atoms with Gasteiger partial charge in [-0.15, -0.1) is 22.7 Å². The van der Waals surface area contributed by atoms with E-state index in [0.29, 0.717) is 11.6 Å². The number of aromatic nitrogens is 1. The molecule has 0 atom stereocenters. The van der Waals surface area contributed by atoms with Crippen molar-refractivity contribution in [2.45, 2.75) is 39.0 Å². The number of thiophene rings is 1. The molecule has 7 heteroatoms. The van der Waals surface area contributed by atoms with E-state index in [1.54, 1.807) is 22.2 Å². The number of thiazole rings is 1. The molecular formula is C27H29N3O2S2. The van der Waals surface area contributed by atoms with Crippen LogP contribution in [0.5, 0.6) is 0 Å². The van der Waals surface area contributed by atoms with Crippen LogP contribution in [0.4, 0.5) is 5.69 Å². The summed E-state index contributed by atoms with van der Waals surface area (Å²) >= 11 is 2.95. The van der Waals surface area contributed by atoms with Crippen LogP contribution in [0.3, 0.4) is 0 Å². The van der Waals surface area contributed by atoms with Gasteiger partial charge in [0.05, 0.1) is 10.4 Å². The molecule has 3 heterocycles. The SMILES string of the molecule is CC1CCC(C2=C(c3cc(-c4ccc(NC(=O)c5cscn5)cc4)sc3C=O)CCNC2)CC1. The summed E-state index contributed by atoms with van der Waals surface area (Å²) in [6.07, 6.45) is 7.08. The topological polar surface area (TPSA) is 71.1 Å². The van der Waals surface area contributed by atoms with E-state index in [2.05, 4.69) is 28.6 Å². The minimum atomic E-state index is -0.210. The quantitative estimate of drug-likeness (QED) is 0.386. The number of rotatable bonds is 6. The van der Waals surface area contributed by atoms with Gasteiger partial charge in [0.2, 0.25) is 0 Å². The number of carbonyl (C=O) groups excluding carboxylic acids is 2. The molecule has 1 amide bonds. The summed E-state index contributed by atoms with van der Waals surface area (Å²) in [4.78, 5) is 30.3. The number of carbonyl (C=O) groups is 2. The first kappa shape index (κ1) is 23.1. The number of hydrogen-bond acceptors (Lipinski definition) is 6. The summed E-state index contributed by atoms with van der Waals surface area (Å²) in [5.74, 6) is 1.24. The van der Waals surface area contributed by atoms with Crippen LogP contribution < -0.4 is 10.6 Å². The molecular weight excluding hydrogens is 462 g/mol. The molecule has 0 radical (unpaired) electrons. The van der Waals surface area contributed by atoms with Gasteiger partial charge in [-0.25, -0.2) is 4.98 Å². The van der Waals surface area contributed by atoms with Crippen molar-refractivity contribution < 1.29 is 9.59 Å². The fraction of sp³-hybridized carbons (Fsp3) is 0.370. The first-order valence-corrected chi connectivity index (χ1v) is 13.7. The van der Waals surface area contributed by atoms with Crippen molar-refractivity contribution in [1.29, 1.82) is 0 Å². The summed E-state index contributed by atoms with van der Waals surface area (Å²) in [6, 6.07) is 10.0. The maximum absolute atomic E-state index is 12.3. The molecule has 2 aromatic heterocycles. The Bertz CT molecular complexity index is 1190. The first-order chi connectivity index (χ1) is 16.6. The average molecular weight is 492 g/mol. The highest BCUT2D eigenvalue weighted by molar-refractivity contribution is 7.17. The molecule has 2 N–H and O–H groups in total. The van der Waals surface area contributed by atoms with Crippen LogP contribution in [0.15, 0.2) is 46.8 Å². The van der Waals surface area contributed by atoms with Gasteiger partial charge in [-0.2, -0.15) is 0 Å². The highest BCUT2D eigenvalue weighted by Crippen LogP contribution is 2.42. The lowest BCUT2D eigenvalue weighted by Gasteiger charge is -2.32. The maximum atomic E-state index is 12.3. The third kappa shape index (κ3) is 4.92. The molecule has 0 unspecified atom stereocenters. The van der Waals surface area contributed by atoms with Crippen molar-refractivity contribution in [3.8, 4) is 10.4 Å². The number of nitrogens with one attached hydrogen (secondary N) is 2. The number of anilines is 1. The van der Waals surface area contributed by atoms with Crippen LogP contribution in [-0.4, -0.2) is 30.3 Å². The molecule has 5 nitrogen and oxygen atoms in total. The molecule has 1 saturated carbocycles. The Kier molecular flexibility index (Phi) is 7.04. The highest BCUT2D eigenvalue weighted by atomic mass is 32.1. The summed E-state index contributed by atoms with van der Waals surface area (Å²) in [5.41, 5.74) is 7.87. The van der Waals surface area contributed by atoms with E-state index >= 15 is 0 Å². The fourth-order valence-electron chi connectivity index (χ4n) is 5.12. The minimum Gasteiger partial charge on any atom is -0.321 e. The normalized spacial score (nSPS) is 20.9. The Morgan fingerprint density at radius 1 is 1.18 bits per heavy atom. The van der Waals surface area contributed by atoms with Crippen molar-refractivity contribution in [2.75, 3.05) is 18.4 Å². The van der Waals surface area contributed by atoms with Crippen LogP contribution in [0.2, 0.25) is 0 Å². The van der Waals surface area contributed by atoms with Crippen molar-refractivity contribution >= 4 is 46.1 Å². The predicted molar refractivity (Wildman–Crippen MR) is 141 cm³/mol. The number of amides is 1. The van der Waals surface area contributed by atoms with Gasteiger partial charge in [-0.05, 0) is 78.1 Å². The summed E-state index contributed by atoms with van der Waals surface area (Å²) < 4.78 is 0. The van der Waals surface area contributed by atoms with E-state index in [0.717, 1.165) is 58.3 Å². The summed E-state index contributed by atoms with van der Waals surface area (Å²) in [5, 5.41) is 8.19. The molecule has 5 rings (SSSR count). The fourth-order valence-corrected chi connectivity index (χ4v) is 6.66. The number of benzene rings is 1. The Balaban J connectivity index is 1.40. The molecule has 1 fully saturated rings. The third-order valence-electron chi connectivity index (χ3n) is 7.05. The van der Waals surface area contributed by atoms with Crippen LogP contribution in [-0.2, 0) is 0 Å². The van der Waals surface area contributed by atoms with Crippen LogP contribution in [0.1, 0.15) is 64.8 Å². The predicted octanol–water partition coefficient (Wildman–Crippen LogP) is 6.51. The Morgan fingerprint density at radius 2 is 1.97 bits per heavy atom. The van der Waals surface area contributed by atoms with E-state index in [9.17, 15) is 9.59 Å². The lowest BCUT2D eigenvalue weighted by atomic mass is 9.76. The zero-order valence-corrected chi connectivity index (χ0v) is 20.9. The van der Waals surface area contributed by atoms with E-state index in [-0.39, 0.29) is 5.91 Å². The maximum Gasteiger partial charge on any atom is 0.275 e. The zero-order valence-electron chi connectivity index (χ0n) is 19.3. The van der Waals surface area contributed by atoms with Gasteiger partial charge < -0.3 is 10.6 Å². The largest absolute Gasteiger partial charge is 0.321 e. The molecule has 0 spiro atoms. The minimum absolute atomic E-state index is 0.210. The van der Waals surface area contributed by atoms with Gasteiger partial charge >= 0.3 is 0 Å². The molecule has 3 aromatic rings. The Hall–Kier alpha value is -2.61. The molecule has 1 aliphatic heterocycles. The second kappa shape index (κ2) is 10.3. The van der Waals surface area contributed by atoms with Gasteiger partial charge in [0.25, 0.3) is 5.91 Å². The summed E-state index contributed by atoms with van der Waals surface area (Å²) in [7, 11) is 0. The van der Waals surface area contributed by atoms with E-state index in [4.69, 9.17) is 0 Å². The Morgan fingerprint density at radius 3 is 2.68 bits per heavy atom. The van der Waals surface area contributed by atoms with Gasteiger partial charge in [0.15, 0.2) is 6.29 Å². The Labute approximate surface area is 208 Å². The molecule has 176 valence electrons. The highest BCUT2D eigenvalue weighted by Gasteiger charge is 2.27. The van der Waals surface area contributed by atoms with Crippen molar-refractivity contribution in [1.82, 2.24) is 10.3 Å². The lowest BCUT2D eigenvalue weighted by Crippen LogP contribution is -2.29. The zero-order chi connectivity index (χ0) is 23.5. The van der Waals surface area contributed by atoms with Crippen LogP contribution in [0.25, 0.3) is 16.0 Å². The number of nitrogens with zero attached hydrogens (tertiary/aromatic N) is 1. The van der Waals surface area contributed by atoms with Crippen molar-refractivity contribution in [3.63, 3.8) is 0 Å². The molecule has 0 saturated heterocycles. The monoisotopic (exact) mass is 491 g/mol.